The number of aromatic nitrogens is 3. The maximum atomic E-state index is 12.9. The summed E-state index contributed by atoms with van der Waals surface area (Å²) in [5, 5.41) is 5.43. The molecule has 0 radical (unpaired) electrons. The summed E-state index contributed by atoms with van der Waals surface area (Å²) >= 11 is 0. The molecule has 3 heterocycles. The van der Waals surface area contributed by atoms with Crippen molar-refractivity contribution in [1.82, 2.24) is 14.3 Å². The Morgan fingerprint density at radius 2 is 1.96 bits per heavy atom. The Labute approximate surface area is 150 Å². The minimum absolute atomic E-state index is 0.220. The van der Waals surface area contributed by atoms with Crippen LogP contribution in [0.3, 0.4) is 0 Å². The predicted molar refractivity (Wildman–Crippen MR) is 101 cm³/mol. The third-order valence-corrected chi connectivity index (χ3v) is 4.85. The van der Waals surface area contributed by atoms with Gasteiger partial charge in [0.2, 0.25) is 5.75 Å². The van der Waals surface area contributed by atoms with Gasteiger partial charge in [0.05, 0.1) is 17.4 Å². The molecule has 0 aliphatic carbocycles. The molecule has 5 rings (SSSR count). The van der Waals surface area contributed by atoms with Crippen LogP contribution in [0.4, 0.5) is 0 Å². The molecule has 26 heavy (non-hydrogen) atoms. The van der Waals surface area contributed by atoms with Gasteiger partial charge in [-0.2, -0.15) is 5.10 Å². The Hall–Kier alpha value is -3.34. The quantitative estimate of drug-likeness (QED) is 0.456. The van der Waals surface area contributed by atoms with Crippen molar-refractivity contribution in [1.29, 1.82) is 0 Å². The van der Waals surface area contributed by atoms with Gasteiger partial charge in [-0.1, -0.05) is 29.8 Å². The van der Waals surface area contributed by atoms with Gasteiger partial charge in [0.15, 0.2) is 0 Å². The molecule has 0 fully saturated rings. The van der Waals surface area contributed by atoms with Crippen molar-refractivity contribution in [3.05, 3.63) is 70.6 Å². The molecular weight excluding hydrogens is 326 g/mol. The summed E-state index contributed by atoms with van der Waals surface area (Å²) in [5.41, 5.74) is 4.59. The van der Waals surface area contributed by atoms with Gasteiger partial charge in [0.1, 0.15) is 11.4 Å². The highest BCUT2D eigenvalue weighted by molar-refractivity contribution is 5.91. The zero-order chi connectivity index (χ0) is 17.8. The third-order valence-electron chi connectivity index (χ3n) is 4.85. The topological polar surface area (TPSA) is 49.1 Å². The zero-order valence-electron chi connectivity index (χ0n) is 14.6. The molecule has 1 aliphatic heterocycles. The molecule has 2 aromatic carbocycles. The van der Waals surface area contributed by atoms with Crippen LogP contribution in [0, 0.1) is 6.92 Å². The molecule has 0 spiro atoms. The van der Waals surface area contributed by atoms with Crippen LogP contribution in [0.5, 0.6) is 11.5 Å². The number of benzene rings is 2. The van der Waals surface area contributed by atoms with E-state index in [0.717, 1.165) is 27.7 Å². The van der Waals surface area contributed by atoms with Crippen molar-refractivity contribution >= 4 is 10.9 Å². The SMILES string of the molecule is CCn1ncc2c(c1=O)Oc1ccc(C)cc1-c1cc3ccccc3n1-2. The Morgan fingerprint density at radius 3 is 2.81 bits per heavy atom. The number of rotatable bonds is 1. The van der Waals surface area contributed by atoms with Gasteiger partial charge in [0, 0.05) is 17.5 Å². The van der Waals surface area contributed by atoms with Crippen molar-refractivity contribution in [2.45, 2.75) is 20.4 Å². The first-order chi connectivity index (χ1) is 12.7. The molecule has 5 nitrogen and oxygen atoms in total. The third kappa shape index (κ3) is 1.97. The first-order valence-corrected chi connectivity index (χ1v) is 8.67. The van der Waals surface area contributed by atoms with E-state index < -0.39 is 0 Å². The van der Waals surface area contributed by atoms with Gasteiger partial charge in [-0.25, -0.2) is 4.68 Å². The Balaban J connectivity index is 1.98. The Kier molecular flexibility index (Phi) is 3.06. The van der Waals surface area contributed by atoms with Crippen molar-refractivity contribution in [2.75, 3.05) is 0 Å². The Morgan fingerprint density at radius 1 is 1.12 bits per heavy atom. The average molecular weight is 343 g/mol. The highest BCUT2D eigenvalue weighted by Gasteiger charge is 2.25. The summed E-state index contributed by atoms with van der Waals surface area (Å²) in [7, 11) is 0. The monoisotopic (exact) mass is 343 g/mol. The summed E-state index contributed by atoms with van der Waals surface area (Å²) < 4.78 is 9.62. The number of hydrogen-bond donors (Lipinski definition) is 0. The summed E-state index contributed by atoms with van der Waals surface area (Å²) in [4.78, 5) is 12.9. The lowest BCUT2D eigenvalue weighted by Crippen LogP contribution is -2.24. The second-order valence-corrected chi connectivity index (χ2v) is 6.51. The van der Waals surface area contributed by atoms with Gasteiger partial charge in [-0.15, -0.1) is 0 Å². The lowest BCUT2D eigenvalue weighted by Gasteiger charge is -2.11. The summed E-state index contributed by atoms with van der Waals surface area (Å²) in [6.45, 7) is 4.44. The van der Waals surface area contributed by atoms with Crippen molar-refractivity contribution in [3.8, 4) is 28.4 Å². The lowest BCUT2D eigenvalue weighted by atomic mass is 10.1. The maximum absolute atomic E-state index is 12.9. The first-order valence-electron chi connectivity index (χ1n) is 8.67. The maximum Gasteiger partial charge on any atom is 0.311 e. The van der Waals surface area contributed by atoms with Gasteiger partial charge in [0.25, 0.3) is 0 Å². The fourth-order valence-electron chi connectivity index (χ4n) is 3.60. The van der Waals surface area contributed by atoms with E-state index in [1.165, 1.54) is 4.68 Å². The fraction of sp³-hybridized carbons (Fsp3) is 0.143. The number of nitrogens with zero attached hydrogens (tertiary/aromatic N) is 3. The van der Waals surface area contributed by atoms with Gasteiger partial charge in [-0.05, 0) is 38.1 Å². The molecule has 5 heteroatoms. The summed E-state index contributed by atoms with van der Waals surface area (Å²) in [6, 6.07) is 16.3. The minimum Gasteiger partial charge on any atom is -0.448 e. The van der Waals surface area contributed by atoms with Crippen LogP contribution < -0.4 is 10.3 Å². The minimum atomic E-state index is -0.220. The largest absolute Gasteiger partial charge is 0.448 e. The highest BCUT2D eigenvalue weighted by Crippen LogP contribution is 2.43. The van der Waals surface area contributed by atoms with E-state index in [1.807, 2.05) is 31.2 Å². The molecule has 0 unspecified atom stereocenters. The standard InChI is InChI=1S/C21H17N3O2/c1-3-23-21(25)20-18(12-22-23)24-16-7-5-4-6-14(16)11-17(24)15-10-13(2)8-9-19(15)26-20/h4-12H,3H2,1-2H3. The predicted octanol–water partition coefficient (Wildman–Crippen LogP) is 4.29. The molecule has 0 atom stereocenters. The van der Waals surface area contributed by atoms with Crippen molar-refractivity contribution < 1.29 is 4.74 Å². The smallest absolute Gasteiger partial charge is 0.311 e. The van der Waals surface area contributed by atoms with Crippen LogP contribution in [-0.2, 0) is 6.54 Å². The van der Waals surface area contributed by atoms with Crippen LogP contribution in [0.2, 0.25) is 0 Å². The number of hydrogen-bond acceptors (Lipinski definition) is 3. The molecule has 0 bridgehead atoms. The molecule has 0 N–H and O–H groups in total. The van der Waals surface area contributed by atoms with E-state index in [1.54, 1.807) is 6.20 Å². The number of para-hydroxylation sites is 1. The number of fused-ring (bicyclic) bond motifs is 7. The molecule has 128 valence electrons. The number of aryl methyl sites for hydroxylation is 2. The van der Waals surface area contributed by atoms with Gasteiger partial charge < -0.3 is 9.30 Å². The van der Waals surface area contributed by atoms with E-state index in [0.29, 0.717) is 23.7 Å². The first kappa shape index (κ1) is 15.0. The fourth-order valence-corrected chi connectivity index (χ4v) is 3.60. The normalized spacial score (nSPS) is 12.1. The molecule has 2 aromatic heterocycles. The second-order valence-electron chi connectivity index (χ2n) is 6.51. The molecule has 4 aromatic rings. The van der Waals surface area contributed by atoms with Gasteiger partial charge in [-0.3, -0.25) is 4.79 Å². The molecule has 0 saturated heterocycles. The van der Waals surface area contributed by atoms with Gasteiger partial charge >= 0.3 is 5.56 Å². The van der Waals surface area contributed by atoms with Crippen LogP contribution in [-0.4, -0.2) is 14.3 Å². The molecule has 0 amide bonds. The van der Waals surface area contributed by atoms with E-state index in [9.17, 15) is 4.79 Å². The van der Waals surface area contributed by atoms with Crippen LogP contribution >= 0.6 is 0 Å². The van der Waals surface area contributed by atoms with Crippen molar-refractivity contribution in [3.63, 3.8) is 0 Å². The molecule has 1 aliphatic rings. The Bertz CT molecular complexity index is 1230. The second kappa shape index (κ2) is 5.33. The molecular formula is C21H17N3O2. The summed E-state index contributed by atoms with van der Waals surface area (Å²) in [6.07, 6.45) is 1.72. The summed E-state index contributed by atoms with van der Waals surface area (Å²) in [5.74, 6) is 0.997. The molecule has 0 saturated carbocycles. The van der Waals surface area contributed by atoms with Crippen LogP contribution in [0.15, 0.2) is 59.5 Å². The van der Waals surface area contributed by atoms with E-state index in [4.69, 9.17) is 4.74 Å². The highest BCUT2D eigenvalue weighted by atomic mass is 16.5. The van der Waals surface area contributed by atoms with E-state index in [-0.39, 0.29) is 5.56 Å². The lowest BCUT2D eigenvalue weighted by molar-refractivity contribution is 0.459. The van der Waals surface area contributed by atoms with Crippen LogP contribution in [0.1, 0.15) is 12.5 Å². The van der Waals surface area contributed by atoms with E-state index >= 15 is 0 Å². The number of ether oxygens (including phenoxy) is 1. The van der Waals surface area contributed by atoms with Crippen LogP contribution in [0.25, 0.3) is 27.8 Å². The average Bonchev–Trinajstić information content (AvgIpc) is 2.97. The van der Waals surface area contributed by atoms with Crippen molar-refractivity contribution in [2.24, 2.45) is 0 Å². The van der Waals surface area contributed by atoms with E-state index in [2.05, 4.69) is 40.9 Å². The zero-order valence-corrected chi connectivity index (χ0v) is 14.6.